The summed E-state index contributed by atoms with van der Waals surface area (Å²) in [7, 11) is 1.91. The zero-order valence-corrected chi connectivity index (χ0v) is 10.0. The van der Waals surface area contributed by atoms with E-state index in [2.05, 4.69) is 22.2 Å². The van der Waals surface area contributed by atoms with Crippen LogP contribution in [0.25, 0.3) is 6.08 Å². The highest BCUT2D eigenvalue weighted by Gasteiger charge is 1.98. The molecule has 0 unspecified atom stereocenters. The number of aryl methyl sites for hydroxylation is 1. The molecule has 0 bridgehead atoms. The summed E-state index contributed by atoms with van der Waals surface area (Å²) in [5.41, 5.74) is 3.14. The minimum absolute atomic E-state index is 0.908. The molecule has 1 aromatic carbocycles. The van der Waals surface area contributed by atoms with E-state index in [4.69, 9.17) is 0 Å². The van der Waals surface area contributed by atoms with Gasteiger partial charge in [-0.1, -0.05) is 36.4 Å². The van der Waals surface area contributed by atoms with Crippen LogP contribution in [0.2, 0.25) is 0 Å². The van der Waals surface area contributed by atoms with Crippen LogP contribution in [0.5, 0.6) is 0 Å². The molecule has 17 heavy (non-hydrogen) atoms. The second-order valence-corrected chi connectivity index (χ2v) is 3.79. The zero-order valence-electron chi connectivity index (χ0n) is 10.0. The highest BCUT2D eigenvalue weighted by Crippen LogP contribution is 2.15. The summed E-state index contributed by atoms with van der Waals surface area (Å²) < 4.78 is 1.81. The lowest BCUT2D eigenvalue weighted by molar-refractivity contribution is 0.740. The SMILES string of the molecule is Cc1c(N=CC=Cc2ccccc2)cnn1C. The monoisotopic (exact) mass is 225 g/mol. The fraction of sp³-hybridized carbons (Fsp3) is 0.143. The Kier molecular flexibility index (Phi) is 3.50. The molecule has 0 saturated heterocycles. The Morgan fingerprint density at radius 1 is 1.24 bits per heavy atom. The van der Waals surface area contributed by atoms with Crippen LogP contribution >= 0.6 is 0 Å². The molecular weight excluding hydrogens is 210 g/mol. The van der Waals surface area contributed by atoms with E-state index in [1.807, 2.05) is 49.0 Å². The molecule has 0 aliphatic heterocycles. The lowest BCUT2D eigenvalue weighted by Gasteiger charge is -1.92. The van der Waals surface area contributed by atoms with Crippen molar-refractivity contribution in [2.45, 2.75) is 6.92 Å². The van der Waals surface area contributed by atoms with E-state index in [1.165, 1.54) is 5.56 Å². The second kappa shape index (κ2) is 5.25. The molecule has 0 aliphatic carbocycles. The van der Waals surface area contributed by atoms with Gasteiger partial charge in [0, 0.05) is 13.3 Å². The molecule has 3 heteroatoms. The average molecular weight is 225 g/mol. The van der Waals surface area contributed by atoms with Crippen molar-refractivity contribution in [2.75, 3.05) is 0 Å². The first-order valence-corrected chi connectivity index (χ1v) is 5.52. The molecule has 0 saturated carbocycles. The highest BCUT2D eigenvalue weighted by atomic mass is 15.3. The summed E-state index contributed by atoms with van der Waals surface area (Å²) in [6.07, 6.45) is 7.51. The Labute approximate surface area is 101 Å². The predicted molar refractivity (Wildman–Crippen MR) is 71.6 cm³/mol. The lowest BCUT2D eigenvalue weighted by atomic mass is 10.2. The summed E-state index contributed by atoms with van der Waals surface area (Å²) in [6, 6.07) is 10.1. The molecule has 0 fully saturated rings. The van der Waals surface area contributed by atoms with Crippen molar-refractivity contribution in [3.05, 3.63) is 53.9 Å². The van der Waals surface area contributed by atoms with Gasteiger partial charge in [0.1, 0.15) is 5.69 Å². The van der Waals surface area contributed by atoms with Gasteiger partial charge in [-0.25, -0.2) is 0 Å². The van der Waals surface area contributed by atoms with Crippen LogP contribution in [0.1, 0.15) is 11.3 Å². The van der Waals surface area contributed by atoms with Gasteiger partial charge in [0.15, 0.2) is 0 Å². The number of nitrogens with zero attached hydrogens (tertiary/aromatic N) is 3. The van der Waals surface area contributed by atoms with E-state index in [9.17, 15) is 0 Å². The van der Waals surface area contributed by atoms with Gasteiger partial charge in [-0.15, -0.1) is 0 Å². The standard InChI is InChI=1S/C14H15N3/c1-12-14(11-16-17(12)2)15-10-6-9-13-7-4-3-5-8-13/h3-11H,1-2H3. The van der Waals surface area contributed by atoms with Crippen LogP contribution < -0.4 is 0 Å². The number of rotatable bonds is 3. The fourth-order valence-corrected chi connectivity index (χ4v) is 1.46. The number of aliphatic imine (C=N–C) groups is 1. The molecule has 2 rings (SSSR count). The average Bonchev–Trinajstić information content (AvgIpc) is 2.67. The van der Waals surface area contributed by atoms with Crippen LogP contribution in [-0.4, -0.2) is 16.0 Å². The van der Waals surface area contributed by atoms with E-state index in [1.54, 1.807) is 12.4 Å². The topological polar surface area (TPSA) is 30.2 Å². The fourth-order valence-electron chi connectivity index (χ4n) is 1.46. The van der Waals surface area contributed by atoms with Crippen LogP contribution in [0.4, 0.5) is 5.69 Å². The lowest BCUT2D eigenvalue weighted by Crippen LogP contribution is -1.91. The minimum Gasteiger partial charge on any atom is -0.271 e. The molecule has 1 heterocycles. The molecule has 2 aromatic rings. The smallest absolute Gasteiger partial charge is 0.104 e. The van der Waals surface area contributed by atoms with Crippen molar-refractivity contribution >= 4 is 18.0 Å². The van der Waals surface area contributed by atoms with E-state index >= 15 is 0 Å². The van der Waals surface area contributed by atoms with Crippen molar-refractivity contribution in [3.8, 4) is 0 Å². The molecule has 3 nitrogen and oxygen atoms in total. The van der Waals surface area contributed by atoms with Crippen LogP contribution in [0, 0.1) is 6.92 Å². The van der Waals surface area contributed by atoms with Gasteiger partial charge in [0.2, 0.25) is 0 Å². The Morgan fingerprint density at radius 2 is 2.00 bits per heavy atom. The van der Waals surface area contributed by atoms with E-state index < -0.39 is 0 Å². The Hall–Kier alpha value is -2.16. The number of allylic oxidation sites excluding steroid dienone is 1. The number of benzene rings is 1. The van der Waals surface area contributed by atoms with Gasteiger partial charge in [0.25, 0.3) is 0 Å². The van der Waals surface area contributed by atoms with Gasteiger partial charge in [-0.3, -0.25) is 9.67 Å². The number of hydrogen-bond acceptors (Lipinski definition) is 2. The number of hydrogen-bond donors (Lipinski definition) is 0. The third-order valence-electron chi connectivity index (χ3n) is 2.60. The summed E-state index contributed by atoms with van der Waals surface area (Å²) in [5.74, 6) is 0. The molecule has 0 radical (unpaired) electrons. The van der Waals surface area contributed by atoms with Crippen molar-refractivity contribution in [2.24, 2.45) is 12.0 Å². The Morgan fingerprint density at radius 3 is 2.65 bits per heavy atom. The van der Waals surface area contributed by atoms with E-state index in [0.717, 1.165) is 11.4 Å². The summed E-state index contributed by atoms with van der Waals surface area (Å²) in [5, 5.41) is 4.13. The van der Waals surface area contributed by atoms with Gasteiger partial charge in [-0.05, 0) is 18.6 Å². The van der Waals surface area contributed by atoms with Crippen molar-refractivity contribution in [1.29, 1.82) is 0 Å². The largest absolute Gasteiger partial charge is 0.271 e. The Balaban J connectivity index is 2.03. The summed E-state index contributed by atoms with van der Waals surface area (Å²) >= 11 is 0. The quantitative estimate of drug-likeness (QED) is 0.738. The Bertz CT molecular complexity index is 536. The summed E-state index contributed by atoms with van der Waals surface area (Å²) in [6.45, 7) is 2.00. The van der Waals surface area contributed by atoms with Gasteiger partial charge < -0.3 is 0 Å². The first kappa shape index (κ1) is 11.3. The molecule has 86 valence electrons. The molecule has 0 aliphatic rings. The van der Waals surface area contributed by atoms with Crippen LogP contribution in [0.3, 0.4) is 0 Å². The van der Waals surface area contributed by atoms with Crippen molar-refractivity contribution < 1.29 is 0 Å². The zero-order chi connectivity index (χ0) is 12.1. The maximum Gasteiger partial charge on any atom is 0.104 e. The normalized spacial score (nSPS) is 11.6. The highest BCUT2D eigenvalue weighted by molar-refractivity contribution is 5.80. The van der Waals surface area contributed by atoms with Crippen LogP contribution in [0.15, 0.2) is 47.6 Å². The van der Waals surface area contributed by atoms with Crippen LogP contribution in [-0.2, 0) is 7.05 Å². The minimum atomic E-state index is 0.908. The molecule has 0 N–H and O–H groups in total. The van der Waals surface area contributed by atoms with Crippen molar-refractivity contribution in [3.63, 3.8) is 0 Å². The second-order valence-electron chi connectivity index (χ2n) is 3.79. The first-order valence-electron chi connectivity index (χ1n) is 5.52. The molecule has 0 spiro atoms. The summed E-state index contributed by atoms with van der Waals surface area (Å²) in [4.78, 5) is 4.35. The maximum absolute atomic E-state index is 4.35. The molecule has 0 amide bonds. The maximum atomic E-state index is 4.35. The predicted octanol–water partition coefficient (Wildman–Crippen LogP) is 3.14. The molecular formula is C14H15N3. The number of aromatic nitrogens is 2. The van der Waals surface area contributed by atoms with E-state index in [-0.39, 0.29) is 0 Å². The third kappa shape index (κ3) is 2.91. The van der Waals surface area contributed by atoms with Crippen molar-refractivity contribution in [1.82, 2.24) is 9.78 Å². The third-order valence-corrected chi connectivity index (χ3v) is 2.60. The first-order chi connectivity index (χ1) is 8.27. The van der Waals surface area contributed by atoms with Gasteiger partial charge in [0.05, 0.1) is 11.9 Å². The van der Waals surface area contributed by atoms with Gasteiger partial charge in [-0.2, -0.15) is 5.10 Å². The molecule has 1 aromatic heterocycles. The van der Waals surface area contributed by atoms with E-state index in [0.29, 0.717) is 0 Å². The molecule has 0 atom stereocenters. The van der Waals surface area contributed by atoms with Gasteiger partial charge >= 0.3 is 0 Å².